The van der Waals surface area contributed by atoms with Crippen molar-refractivity contribution in [2.75, 3.05) is 13.1 Å². The van der Waals surface area contributed by atoms with E-state index in [2.05, 4.69) is 21.5 Å². The Balaban J connectivity index is 1.51. The Morgan fingerprint density at radius 3 is 3.21 bits per heavy atom. The van der Waals surface area contributed by atoms with Crippen LogP contribution in [0, 0.1) is 5.92 Å². The van der Waals surface area contributed by atoms with E-state index in [1.807, 2.05) is 12.3 Å². The first kappa shape index (κ1) is 8.48. The first-order valence-corrected chi connectivity index (χ1v) is 5.62. The smallest absolute Gasteiger partial charge is 0.0545 e. The van der Waals surface area contributed by atoms with Crippen LogP contribution >= 0.6 is 0 Å². The number of hydrazone groups is 1. The third-order valence-corrected chi connectivity index (χ3v) is 3.46. The fraction of sp³-hybridized carbons (Fsp3) is 0.727. The summed E-state index contributed by atoms with van der Waals surface area (Å²) in [5.41, 5.74) is 0. The minimum Gasteiger partial charge on any atom is -0.309 e. The van der Waals surface area contributed by atoms with Crippen molar-refractivity contribution in [1.29, 1.82) is 0 Å². The predicted molar refractivity (Wildman–Crippen MR) is 57.3 cm³/mol. The number of allylic oxidation sites excluding steroid dienone is 1. The number of piperidine rings is 1. The van der Waals surface area contributed by atoms with Crippen LogP contribution in [0.3, 0.4) is 0 Å². The topological polar surface area (TPSA) is 27.6 Å². The van der Waals surface area contributed by atoms with E-state index >= 15 is 0 Å². The molecule has 0 unspecified atom stereocenters. The van der Waals surface area contributed by atoms with E-state index in [-0.39, 0.29) is 0 Å². The predicted octanol–water partition coefficient (Wildman–Crippen LogP) is 0.984. The highest BCUT2D eigenvalue weighted by molar-refractivity contribution is 5.71. The van der Waals surface area contributed by atoms with E-state index in [0.717, 1.165) is 25.0 Å². The number of hydrogen-bond acceptors (Lipinski definition) is 3. The van der Waals surface area contributed by atoms with Crippen LogP contribution in [0.2, 0.25) is 0 Å². The second kappa shape index (κ2) is 3.39. The van der Waals surface area contributed by atoms with Crippen molar-refractivity contribution < 1.29 is 0 Å². The Morgan fingerprint density at radius 2 is 2.43 bits per heavy atom. The van der Waals surface area contributed by atoms with Crippen molar-refractivity contribution in [2.45, 2.75) is 31.3 Å². The molecule has 76 valence electrons. The highest BCUT2D eigenvalue weighted by Crippen LogP contribution is 2.39. The molecule has 1 aliphatic carbocycles. The molecule has 0 aromatic heterocycles. The van der Waals surface area contributed by atoms with Gasteiger partial charge < -0.3 is 5.32 Å². The van der Waals surface area contributed by atoms with Gasteiger partial charge in [-0.2, -0.15) is 5.10 Å². The maximum Gasteiger partial charge on any atom is 0.0545 e. The van der Waals surface area contributed by atoms with E-state index in [4.69, 9.17) is 0 Å². The Labute approximate surface area is 84.9 Å². The second-order valence-electron chi connectivity index (χ2n) is 4.61. The molecule has 3 rings (SSSR count). The Hall–Kier alpha value is -0.830. The third-order valence-electron chi connectivity index (χ3n) is 3.46. The van der Waals surface area contributed by atoms with Crippen molar-refractivity contribution in [1.82, 2.24) is 10.3 Å². The summed E-state index contributed by atoms with van der Waals surface area (Å²) < 4.78 is 0. The Bertz CT molecular complexity index is 272. The van der Waals surface area contributed by atoms with Gasteiger partial charge in [-0.1, -0.05) is 6.08 Å². The van der Waals surface area contributed by atoms with Crippen LogP contribution in [0.5, 0.6) is 0 Å². The maximum absolute atomic E-state index is 4.34. The summed E-state index contributed by atoms with van der Waals surface area (Å²) >= 11 is 0. The van der Waals surface area contributed by atoms with Gasteiger partial charge in [-0.3, -0.25) is 5.01 Å². The van der Waals surface area contributed by atoms with Crippen LogP contribution < -0.4 is 5.32 Å². The van der Waals surface area contributed by atoms with Crippen molar-refractivity contribution >= 4 is 6.21 Å². The molecule has 1 saturated heterocycles. The zero-order valence-electron chi connectivity index (χ0n) is 8.39. The van der Waals surface area contributed by atoms with Gasteiger partial charge in [0.15, 0.2) is 0 Å². The van der Waals surface area contributed by atoms with Crippen molar-refractivity contribution in [3.63, 3.8) is 0 Å². The highest BCUT2D eigenvalue weighted by Gasteiger charge is 2.41. The largest absolute Gasteiger partial charge is 0.309 e. The van der Waals surface area contributed by atoms with Crippen LogP contribution in [0.25, 0.3) is 0 Å². The first-order chi connectivity index (χ1) is 6.92. The average molecular weight is 191 g/mol. The molecule has 0 bridgehead atoms. The fourth-order valence-corrected chi connectivity index (χ4v) is 2.52. The minimum absolute atomic E-state index is 0.669. The summed E-state index contributed by atoms with van der Waals surface area (Å²) in [7, 11) is 0. The standard InChI is InChI=1S/C11H17N3/c1-2-6-14(12-5-1)8-10-4-3-9-7-11(9)13-10/h1-2,5,9-11,13H,3-4,6-8H2/t9-,10+,11+/m1/s1. The summed E-state index contributed by atoms with van der Waals surface area (Å²) in [4.78, 5) is 0. The van der Waals surface area contributed by atoms with Gasteiger partial charge in [0.1, 0.15) is 0 Å². The Morgan fingerprint density at radius 1 is 1.43 bits per heavy atom. The molecule has 3 aliphatic rings. The molecule has 3 nitrogen and oxygen atoms in total. The minimum atomic E-state index is 0.669. The van der Waals surface area contributed by atoms with Crippen molar-refractivity contribution in [3.8, 4) is 0 Å². The molecule has 14 heavy (non-hydrogen) atoms. The molecule has 3 heteroatoms. The molecule has 0 amide bonds. The van der Waals surface area contributed by atoms with E-state index in [1.165, 1.54) is 19.3 Å². The molecule has 0 radical (unpaired) electrons. The molecule has 0 spiro atoms. The third kappa shape index (κ3) is 1.69. The summed E-state index contributed by atoms with van der Waals surface area (Å²) in [6, 6.07) is 1.51. The molecule has 0 aromatic rings. The van der Waals surface area contributed by atoms with E-state index in [0.29, 0.717) is 6.04 Å². The summed E-state index contributed by atoms with van der Waals surface area (Å²) in [6.45, 7) is 2.05. The molecule has 0 aromatic carbocycles. The Kier molecular flexibility index (Phi) is 2.05. The highest BCUT2D eigenvalue weighted by atomic mass is 15.5. The SMILES string of the molecule is C1=CCN(C[C@@H]2CC[C@@H]3C[C@@H]3N2)N=C1. The van der Waals surface area contributed by atoms with E-state index < -0.39 is 0 Å². The van der Waals surface area contributed by atoms with Crippen LogP contribution in [-0.4, -0.2) is 36.4 Å². The quantitative estimate of drug-likeness (QED) is 0.704. The molecule has 3 atom stereocenters. The molecule has 2 fully saturated rings. The lowest BCUT2D eigenvalue weighted by Crippen LogP contribution is -2.43. The molecular formula is C11H17N3. The van der Waals surface area contributed by atoms with Gasteiger partial charge in [-0.15, -0.1) is 0 Å². The second-order valence-corrected chi connectivity index (χ2v) is 4.61. The summed E-state index contributed by atoms with van der Waals surface area (Å²) in [5, 5.41) is 10.2. The number of hydrogen-bond donors (Lipinski definition) is 1. The normalized spacial score (nSPS) is 39.7. The van der Waals surface area contributed by atoms with Crippen molar-refractivity contribution in [3.05, 3.63) is 12.2 Å². The first-order valence-electron chi connectivity index (χ1n) is 5.62. The molecular weight excluding hydrogens is 174 g/mol. The van der Waals surface area contributed by atoms with Gasteiger partial charge in [-0.05, 0) is 31.3 Å². The molecule has 2 heterocycles. The van der Waals surface area contributed by atoms with Crippen molar-refractivity contribution in [2.24, 2.45) is 11.0 Å². The monoisotopic (exact) mass is 191 g/mol. The maximum atomic E-state index is 4.34. The van der Waals surface area contributed by atoms with E-state index in [9.17, 15) is 0 Å². The summed E-state index contributed by atoms with van der Waals surface area (Å²) in [5.74, 6) is 1.01. The van der Waals surface area contributed by atoms with Gasteiger partial charge in [0, 0.05) is 18.3 Å². The molecule has 2 aliphatic heterocycles. The van der Waals surface area contributed by atoms with Crippen LogP contribution in [0.4, 0.5) is 0 Å². The zero-order valence-corrected chi connectivity index (χ0v) is 8.39. The van der Waals surface area contributed by atoms with Crippen LogP contribution in [0.15, 0.2) is 17.3 Å². The summed E-state index contributed by atoms with van der Waals surface area (Å²) in [6.07, 6.45) is 10.2. The van der Waals surface area contributed by atoms with Gasteiger partial charge in [-0.25, -0.2) is 0 Å². The number of fused-ring (bicyclic) bond motifs is 1. The fourth-order valence-electron chi connectivity index (χ4n) is 2.52. The van der Waals surface area contributed by atoms with Gasteiger partial charge >= 0.3 is 0 Å². The van der Waals surface area contributed by atoms with E-state index in [1.54, 1.807) is 0 Å². The average Bonchev–Trinajstić information content (AvgIpc) is 2.97. The number of nitrogens with zero attached hydrogens (tertiary/aromatic N) is 2. The molecule has 1 saturated carbocycles. The lowest BCUT2D eigenvalue weighted by atomic mass is 10.0. The van der Waals surface area contributed by atoms with Gasteiger partial charge in [0.25, 0.3) is 0 Å². The van der Waals surface area contributed by atoms with Gasteiger partial charge in [0.2, 0.25) is 0 Å². The lowest BCUT2D eigenvalue weighted by Gasteiger charge is -2.28. The lowest BCUT2D eigenvalue weighted by molar-refractivity contribution is 0.248. The number of rotatable bonds is 2. The number of nitrogens with one attached hydrogen (secondary N) is 1. The van der Waals surface area contributed by atoms with Crippen LogP contribution in [0.1, 0.15) is 19.3 Å². The molecule has 1 N–H and O–H groups in total. The zero-order chi connectivity index (χ0) is 9.38. The van der Waals surface area contributed by atoms with Gasteiger partial charge in [0.05, 0.1) is 13.1 Å². The van der Waals surface area contributed by atoms with Crippen LogP contribution in [-0.2, 0) is 0 Å².